The molecule has 0 radical (unpaired) electrons. The molecule has 392 valence electrons. The van der Waals surface area contributed by atoms with E-state index in [1.165, 1.54) is 0 Å². The van der Waals surface area contributed by atoms with E-state index in [0.717, 1.165) is 4.98 Å². The van der Waals surface area contributed by atoms with Crippen molar-refractivity contribution in [2.75, 3.05) is 0 Å². The van der Waals surface area contributed by atoms with Gasteiger partial charge in [-0.15, -0.1) is 0 Å². The molecule has 1 heterocycles. The maximum atomic E-state index is 15.1. The fraction of sp³-hybridized carbons (Fsp3) is 0.864. The van der Waals surface area contributed by atoms with Crippen molar-refractivity contribution in [3.8, 4) is 0 Å². The van der Waals surface area contributed by atoms with Gasteiger partial charge < -0.3 is 0 Å². The summed E-state index contributed by atoms with van der Waals surface area (Å²) in [7, 11) is 0. The van der Waals surface area contributed by atoms with Crippen LogP contribution < -0.4 is 0 Å². The summed E-state index contributed by atoms with van der Waals surface area (Å²) in [6, 6.07) is 0. The van der Waals surface area contributed by atoms with Gasteiger partial charge in [-0.3, -0.25) is 0 Å². The molecule has 0 aromatic carbocycles. The lowest BCUT2D eigenvalue weighted by molar-refractivity contribution is -0.495. The summed E-state index contributed by atoms with van der Waals surface area (Å²) in [5.74, 6) is -181. The molecule has 0 saturated carbocycles. The molecule has 1 unspecified atom stereocenters. The SMILES string of the molecule is Fc1nc(F)n(C(F)(C(F)(F)C(F)(F)F)C(F)(F)C(F)(F)C(F)(F)C(F)(F)C(F)(F)C(F)(F)C(F)(F)C(F)(F)C(F)(F)C(F)(F)C(F)(F)C(F)(F)C(F)(F)C(F)(F)C(F)(F)C(F)(F)F)c1F. The van der Waals surface area contributed by atoms with Crippen LogP contribution in [-0.2, 0) is 5.79 Å². The predicted molar refractivity (Wildman–Crippen MR) is 112 cm³/mol. The van der Waals surface area contributed by atoms with Gasteiger partial charge >= 0.3 is 113 Å². The molecule has 0 aliphatic heterocycles. The van der Waals surface area contributed by atoms with Gasteiger partial charge in [0.15, 0.2) is 0 Å². The second kappa shape index (κ2) is 14.6. The highest BCUT2D eigenvalue weighted by Gasteiger charge is 3.03. The lowest BCUT2D eigenvalue weighted by Crippen LogP contribution is -2.80. The minimum Gasteiger partial charge on any atom is -0.228 e. The number of hydrogen-bond donors (Lipinski definition) is 0. The van der Waals surface area contributed by atoms with Crippen LogP contribution in [0.1, 0.15) is 0 Å². The third-order valence-electron chi connectivity index (χ3n) is 8.11. The molecule has 1 aromatic rings. The van der Waals surface area contributed by atoms with Gasteiger partial charge in [-0.25, -0.2) is 8.96 Å². The molecule has 66 heavy (non-hydrogen) atoms. The van der Waals surface area contributed by atoms with Gasteiger partial charge in [-0.2, -0.15) is 185 Å². The van der Waals surface area contributed by atoms with Crippen LogP contribution in [0.15, 0.2) is 0 Å². The van der Waals surface area contributed by atoms with Crippen LogP contribution in [0.3, 0.4) is 0 Å². The van der Waals surface area contributed by atoms with Crippen LogP contribution in [0.2, 0.25) is 0 Å². The lowest BCUT2D eigenvalue weighted by Gasteiger charge is -2.48. The highest BCUT2D eigenvalue weighted by molar-refractivity contribution is 5.23. The van der Waals surface area contributed by atoms with Crippen molar-refractivity contribution < 1.29 is 184 Å². The maximum absolute atomic E-state index is 15.1. The molecule has 0 fully saturated rings. The van der Waals surface area contributed by atoms with Gasteiger partial charge in [0.25, 0.3) is 18.0 Å². The molecule has 0 aliphatic rings. The molecule has 1 aromatic heterocycles. The molecule has 0 N–H and O–H groups in total. The van der Waals surface area contributed by atoms with Gasteiger partial charge in [-0.1, -0.05) is 0 Å². The highest BCUT2D eigenvalue weighted by Crippen LogP contribution is 2.71. The van der Waals surface area contributed by atoms with E-state index in [9.17, 15) is 180 Å². The monoisotopic (exact) mass is 1090 g/mol. The van der Waals surface area contributed by atoms with Crippen LogP contribution in [-0.4, -0.2) is 117 Å². The number of imidazole rings is 1. The first-order valence-electron chi connectivity index (χ1n) is 13.8. The Hall–Kier alpha value is -3.73. The summed E-state index contributed by atoms with van der Waals surface area (Å²) in [5.41, 5.74) is 0. The Kier molecular flexibility index (Phi) is 13.4. The van der Waals surface area contributed by atoms with E-state index in [1.807, 2.05) is 0 Å². The summed E-state index contributed by atoms with van der Waals surface area (Å²) >= 11 is 0. The van der Waals surface area contributed by atoms with Crippen LogP contribution in [0.5, 0.6) is 0 Å². The molecule has 0 bridgehead atoms. The Labute approximate surface area is 326 Å². The Morgan fingerprint density at radius 3 is 0.545 bits per heavy atom. The van der Waals surface area contributed by atoms with E-state index in [2.05, 4.69) is 0 Å². The zero-order chi connectivity index (χ0) is 54.5. The van der Waals surface area contributed by atoms with E-state index in [-0.39, 0.29) is 0 Å². The zero-order valence-electron chi connectivity index (χ0n) is 27.8. The third-order valence-corrected chi connectivity index (χ3v) is 8.11. The second-order valence-corrected chi connectivity index (χ2v) is 12.1. The summed E-state index contributed by atoms with van der Waals surface area (Å²) in [5, 5.41) is 0. The first kappa shape index (κ1) is 60.3. The molecule has 44 heteroatoms. The minimum absolute atomic E-state index is 0.889. The Morgan fingerprint density at radius 1 is 0.227 bits per heavy atom. The Morgan fingerprint density at radius 2 is 0.394 bits per heavy atom. The molecular formula is C22F42N2. The lowest BCUT2D eigenvalue weighted by atomic mass is 9.81. The summed E-state index contributed by atoms with van der Waals surface area (Å²) in [4.78, 5) is 0.889. The van der Waals surface area contributed by atoms with Crippen molar-refractivity contribution in [3.63, 3.8) is 0 Å². The fourth-order valence-corrected chi connectivity index (χ4v) is 4.23. The molecule has 0 spiro atoms. The predicted octanol–water partition coefficient (Wildman–Crippen LogP) is 13.2. The maximum Gasteiger partial charge on any atom is 0.460 e. The molecule has 1 atom stereocenters. The fourth-order valence-electron chi connectivity index (χ4n) is 4.23. The van der Waals surface area contributed by atoms with Crippen molar-refractivity contribution in [1.29, 1.82) is 0 Å². The first-order valence-corrected chi connectivity index (χ1v) is 13.8. The smallest absolute Gasteiger partial charge is 0.228 e. The zero-order valence-corrected chi connectivity index (χ0v) is 27.8. The van der Waals surface area contributed by atoms with Crippen molar-refractivity contribution in [3.05, 3.63) is 18.0 Å². The number of aromatic nitrogens is 2. The van der Waals surface area contributed by atoms with Crippen LogP contribution in [0.4, 0.5) is 184 Å². The molecule has 0 amide bonds. The van der Waals surface area contributed by atoms with Crippen LogP contribution in [0, 0.1) is 18.0 Å². The number of nitrogens with zero attached hydrogens (tertiary/aromatic N) is 2. The third kappa shape index (κ3) is 6.52. The molecule has 0 saturated heterocycles. The Balaban J connectivity index is 4.31. The standard InChI is InChI=1S/C22F42N2/c23-1-2(24)66(3(25)65-1)20(58,19(56,57)22(62,63)64)17(52,53)15(48,49)13(44,45)11(40,41)9(36,37)7(32,33)5(28,29)4(26,27)6(30,31)8(34,35)10(38,39)12(42,43)14(46,47)16(50,51)18(54,55)21(59,60)61. The molecule has 1 rings (SSSR count). The number of rotatable bonds is 17. The number of halogens is 42. The first-order chi connectivity index (χ1) is 27.8. The number of hydrogen-bond acceptors (Lipinski definition) is 1. The van der Waals surface area contributed by atoms with E-state index >= 15 is 4.39 Å². The van der Waals surface area contributed by atoms with E-state index < -0.39 is 135 Å². The van der Waals surface area contributed by atoms with Crippen molar-refractivity contribution in [2.24, 2.45) is 0 Å². The van der Waals surface area contributed by atoms with Crippen molar-refractivity contribution in [1.82, 2.24) is 9.55 Å². The largest absolute Gasteiger partial charge is 0.460 e. The molecular weight excluding hydrogens is 1090 g/mol. The van der Waals surface area contributed by atoms with E-state index in [0.29, 0.717) is 0 Å². The Bertz CT molecular complexity index is 1950. The topological polar surface area (TPSA) is 17.8 Å². The van der Waals surface area contributed by atoms with Crippen LogP contribution >= 0.6 is 0 Å². The number of alkyl halides is 39. The van der Waals surface area contributed by atoms with Crippen LogP contribution in [0.25, 0.3) is 0 Å². The van der Waals surface area contributed by atoms with E-state index in [1.54, 1.807) is 0 Å². The summed E-state index contributed by atoms with van der Waals surface area (Å²) in [6.45, 7) is 0. The summed E-state index contributed by atoms with van der Waals surface area (Å²) in [6.07, 6.45) is -21.8. The van der Waals surface area contributed by atoms with Gasteiger partial charge in [0.2, 0.25) is 0 Å². The van der Waals surface area contributed by atoms with E-state index in [4.69, 9.17) is 0 Å². The van der Waals surface area contributed by atoms with Gasteiger partial charge in [0.05, 0.1) is 0 Å². The van der Waals surface area contributed by atoms with Gasteiger partial charge in [0, 0.05) is 0 Å². The van der Waals surface area contributed by atoms with Crippen molar-refractivity contribution in [2.45, 2.75) is 113 Å². The van der Waals surface area contributed by atoms with Gasteiger partial charge in [-0.05, 0) is 0 Å². The average Bonchev–Trinajstić information content (AvgIpc) is 3.35. The van der Waals surface area contributed by atoms with Crippen molar-refractivity contribution >= 4 is 0 Å². The average molecular weight is 1090 g/mol. The molecule has 2 nitrogen and oxygen atoms in total. The molecule has 0 aliphatic carbocycles. The second-order valence-electron chi connectivity index (χ2n) is 12.1. The normalized spacial score (nSPS) is 17.7. The summed E-state index contributed by atoms with van der Waals surface area (Å²) < 4.78 is 572. The quantitative estimate of drug-likeness (QED) is 0.142. The van der Waals surface area contributed by atoms with Gasteiger partial charge in [0.1, 0.15) is 0 Å². The highest BCUT2D eigenvalue weighted by atomic mass is 19.4. The minimum atomic E-state index is -10.7.